The number of aliphatic imine (C=N–C) groups is 1. The summed E-state index contributed by atoms with van der Waals surface area (Å²) in [4.78, 5) is 16.9. The molecule has 1 aliphatic carbocycles. The molecule has 0 saturated heterocycles. The van der Waals surface area contributed by atoms with Gasteiger partial charge in [-0.3, -0.25) is 14.5 Å². The van der Waals surface area contributed by atoms with Crippen molar-refractivity contribution in [3.8, 4) is 0 Å². The van der Waals surface area contributed by atoms with Crippen molar-refractivity contribution in [2.24, 2.45) is 4.99 Å². The third-order valence-electron chi connectivity index (χ3n) is 5.39. The maximum atomic E-state index is 12.8. The largest absolute Gasteiger partial charge is 0.325 e. The number of amidine groups is 1. The first-order valence-electron chi connectivity index (χ1n) is 11.0. The number of carbonyl (C=O) groups excluding carboxylic acids is 1. The Morgan fingerprint density at radius 2 is 2.06 bits per heavy atom. The van der Waals surface area contributed by atoms with Gasteiger partial charge in [-0.2, -0.15) is 0 Å². The predicted molar refractivity (Wildman–Crippen MR) is 125 cm³/mol. The van der Waals surface area contributed by atoms with E-state index in [1.165, 1.54) is 23.9 Å². The minimum Gasteiger partial charge on any atom is -0.325 e. The topological polar surface area (TPSA) is 118 Å². The van der Waals surface area contributed by atoms with Gasteiger partial charge in [-0.25, -0.2) is 8.42 Å². The van der Waals surface area contributed by atoms with Crippen LogP contribution < -0.4 is 10.0 Å². The van der Waals surface area contributed by atoms with E-state index in [0.29, 0.717) is 30.4 Å². The lowest BCUT2D eigenvalue weighted by atomic mass is 10.2. The summed E-state index contributed by atoms with van der Waals surface area (Å²) < 4.78 is 30.2. The molecular formula is C21H28N6O3S2. The number of nitrogens with zero attached hydrogens (tertiary/aromatic N) is 4. The first kappa shape index (κ1) is 22.8. The molecule has 1 fully saturated rings. The Bertz CT molecular complexity index is 1110. The second-order valence-corrected chi connectivity index (χ2v) is 10.6. The molecule has 2 aliphatic rings. The fourth-order valence-corrected chi connectivity index (χ4v) is 5.53. The van der Waals surface area contributed by atoms with E-state index in [9.17, 15) is 13.2 Å². The van der Waals surface area contributed by atoms with Gasteiger partial charge in [0.2, 0.25) is 5.91 Å². The van der Waals surface area contributed by atoms with Gasteiger partial charge < -0.3 is 9.88 Å². The Labute approximate surface area is 192 Å². The normalized spacial score (nSPS) is 16.8. The van der Waals surface area contributed by atoms with Gasteiger partial charge >= 0.3 is 0 Å². The maximum absolute atomic E-state index is 12.8. The van der Waals surface area contributed by atoms with Crippen LogP contribution in [0.5, 0.6) is 0 Å². The van der Waals surface area contributed by atoms with Crippen LogP contribution in [0.2, 0.25) is 0 Å². The van der Waals surface area contributed by atoms with Gasteiger partial charge in [0, 0.05) is 31.1 Å². The molecular weight excluding hydrogens is 448 g/mol. The van der Waals surface area contributed by atoms with Crippen molar-refractivity contribution in [1.82, 2.24) is 19.5 Å². The highest BCUT2D eigenvalue weighted by atomic mass is 32.2. The number of nitrogens with one attached hydrogen (secondary N) is 2. The molecule has 172 valence electrons. The SMILES string of the molecule is CCn1c(SCC(=O)Nc2cccc(S(=O)(=O)NC3=NCCCCC3)c2)nnc1C1CC1. The van der Waals surface area contributed by atoms with Crippen molar-refractivity contribution in [3.05, 3.63) is 30.1 Å². The summed E-state index contributed by atoms with van der Waals surface area (Å²) in [7, 11) is -3.76. The molecule has 0 radical (unpaired) electrons. The molecule has 11 heteroatoms. The van der Waals surface area contributed by atoms with Gasteiger partial charge in [0.25, 0.3) is 10.0 Å². The number of hydrogen-bond acceptors (Lipinski definition) is 7. The number of carbonyl (C=O) groups is 1. The number of aromatic nitrogens is 3. The lowest BCUT2D eigenvalue weighted by molar-refractivity contribution is -0.113. The standard InChI is InChI=1S/C21H28N6O3S2/c1-2-27-20(15-10-11-15)24-25-21(27)31-14-19(28)23-16-7-6-8-17(13-16)32(29,30)26-18-9-4-3-5-12-22-18/h6-8,13,15H,2-5,9-12,14H2,1H3,(H,22,26)(H,23,28). The number of hydrogen-bond donors (Lipinski definition) is 2. The van der Waals surface area contributed by atoms with Gasteiger partial charge in [0.1, 0.15) is 11.7 Å². The fourth-order valence-electron chi connectivity index (χ4n) is 3.59. The maximum Gasteiger partial charge on any atom is 0.262 e. The lowest BCUT2D eigenvalue weighted by Crippen LogP contribution is -2.30. The third kappa shape index (κ3) is 5.69. The Morgan fingerprint density at radius 1 is 1.22 bits per heavy atom. The lowest BCUT2D eigenvalue weighted by Gasteiger charge is -2.11. The Balaban J connectivity index is 1.37. The molecule has 0 unspecified atom stereocenters. The molecule has 2 heterocycles. The summed E-state index contributed by atoms with van der Waals surface area (Å²) in [5, 5.41) is 12.0. The quantitative estimate of drug-likeness (QED) is 0.565. The van der Waals surface area contributed by atoms with Crippen molar-refractivity contribution < 1.29 is 13.2 Å². The smallest absolute Gasteiger partial charge is 0.262 e. The molecule has 0 spiro atoms. The summed E-state index contributed by atoms with van der Waals surface area (Å²) in [6, 6.07) is 6.25. The zero-order valence-electron chi connectivity index (χ0n) is 18.1. The van der Waals surface area contributed by atoms with E-state index in [0.717, 1.165) is 49.6 Å². The molecule has 32 heavy (non-hydrogen) atoms. The molecule has 9 nitrogen and oxygen atoms in total. The van der Waals surface area contributed by atoms with E-state index in [1.807, 2.05) is 6.92 Å². The van der Waals surface area contributed by atoms with Crippen LogP contribution in [0.4, 0.5) is 5.69 Å². The predicted octanol–water partition coefficient (Wildman–Crippen LogP) is 3.16. The molecule has 1 amide bonds. The zero-order chi connectivity index (χ0) is 22.6. The number of rotatable bonds is 8. The highest BCUT2D eigenvalue weighted by Gasteiger charge is 2.30. The van der Waals surface area contributed by atoms with Crippen LogP contribution in [0.15, 0.2) is 39.3 Å². The van der Waals surface area contributed by atoms with Gasteiger partial charge in [-0.15, -0.1) is 10.2 Å². The summed E-state index contributed by atoms with van der Waals surface area (Å²) in [6.07, 6.45) is 5.85. The van der Waals surface area contributed by atoms with Crippen molar-refractivity contribution in [1.29, 1.82) is 0 Å². The highest BCUT2D eigenvalue weighted by molar-refractivity contribution is 7.99. The highest BCUT2D eigenvalue weighted by Crippen LogP contribution is 2.40. The van der Waals surface area contributed by atoms with Gasteiger partial charge in [0.15, 0.2) is 5.16 Å². The number of anilines is 1. The number of thioether (sulfide) groups is 1. The molecule has 1 aliphatic heterocycles. The Morgan fingerprint density at radius 3 is 2.84 bits per heavy atom. The van der Waals surface area contributed by atoms with E-state index >= 15 is 0 Å². The van der Waals surface area contributed by atoms with Gasteiger partial charge in [-0.1, -0.05) is 24.2 Å². The van der Waals surface area contributed by atoms with Crippen LogP contribution in [0, 0.1) is 0 Å². The first-order chi connectivity index (χ1) is 15.5. The van der Waals surface area contributed by atoms with E-state index in [2.05, 4.69) is 29.8 Å². The second-order valence-electron chi connectivity index (χ2n) is 7.97. The van der Waals surface area contributed by atoms with E-state index < -0.39 is 10.0 Å². The summed E-state index contributed by atoms with van der Waals surface area (Å²) in [5.74, 6) is 1.92. The molecule has 4 rings (SSSR count). The first-order valence-corrected chi connectivity index (χ1v) is 13.4. The molecule has 1 saturated carbocycles. The monoisotopic (exact) mass is 476 g/mol. The van der Waals surface area contributed by atoms with Crippen LogP contribution in [0.25, 0.3) is 0 Å². The molecule has 2 N–H and O–H groups in total. The van der Waals surface area contributed by atoms with Crippen LogP contribution in [0.1, 0.15) is 57.2 Å². The molecule has 0 atom stereocenters. The van der Waals surface area contributed by atoms with Gasteiger partial charge in [-0.05, 0) is 50.8 Å². The molecule has 0 bridgehead atoms. The van der Waals surface area contributed by atoms with Crippen LogP contribution in [-0.2, 0) is 21.4 Å². The average molecular weight is 477 g/mol. The van der Waals surface area contributed by atoms with E-state index in [-0.39, 0.29) is 16.6 Å². The molecule has 1 aromatic heterocycles. The fraction of sp³-hybridized carbons (Fsp3) is 0.524. The van der Waals surface area contributed by atoms with Crippen LogP contribution >= 0.6 is 11.8 Å². The summed E-state index contributed by atoms with van der Waals surface area (Å²) in [6.45, 7) is 3.44. The number of benzene rings is 1. The minimum absolute atomic E-state index is 0.0923. The number of amides is 1. The number of sulfonamides is 1. The molecule has 1 aromatic carbocycles. The minimum atomic E-state index is -3.76. The van der Waals surface area contributed by atoms with Crippen LogP contribution in [-0.4, -0.2) is 47.2 Å². The third-order valence-corrected chi connectivity index (χ3v) is 7.74. The Hall–Kier alpha value is -2.40. The zero-order valence-corrected chi connectivity index (χ0v) is 19.7. The van der Waals surface area contributed by atoms with Crippen molar-refractivity contribution >= 4 is 39.2 Å². The summed E-state index contributed by atoms with van der Waals surface area (Å²) >= 11 is 1.33. The summed E-state index contributed by atoms with van der Waals surface area (Å²) in [5.41, 5.74) is 0.428. The van der Waals surface area contributed by atoms with E-state index in [1.54, 1.807) is 12.1 Å². The van der Waals surface area contributed by atoms with Crippen molar-refractivity contribution in [2.45, 2.75) is 68.0 Å². The van der Waals surface area contributed by atoms with Crippen molar-refractivity contribution in [2.75, 3.05) is 17.6 Å². The average Bonchev–Trinajstić information content (AvgIpc) is 3.57. The van der Waals surface area contributed by atoms with Gasteiger partial charge in [0.05, 0.1) is 10.6 Å². The van der Waals surface area contributed by atoms with E-state index in [4.69, 9.17) is 0 Å². The second kappa shape index (κ2) is 10.0. The van der Waals surface area contributed by atoms with Crippen molar-refractivity contribution in [3.63, 3.8) is 0 Å². The Kier molecular flexibility index (Phi) is 7.14. The van der Waals surface area contributed by atoms with Crippen LogP contribution in [0.3, 0.4) is 0 Å². The molecule has 2 aromatic rings.